The molecular formula is C15H30N2O. The van der Waals surface area contributed by atoms with Gasteiger partial charge >= 0.3 is 0 Å². The molecule has 1 saturated carbocycles. The van der Waals surface area contributed by atoms with Gasteiger partial charge in [-0.15, -0.1) is 0 Å². The van der Waals surface area contributed by atoms with Crippen LogP contribution in [0.25, 0.3) is 0 Å². The van der Waals surface area contributed by atoms with Crippen molar-refractivity contribution in [3.8, 4) is 0 Å². The van der Waals surface area contributed by atoms with Crippen LogP contribution in [0.15, 0.2) is 0 Å². The molecule has 0 aromatic carbocycles. The second-order valence-corrected chi connectivity index (χ2v) is 6.87. The minimum atomic E-state index is 0.00573. The van der Waals surface area contributed by atoms with E-state index in [-0.39, 0.29) is 11.8 Å². The maximum absolute atomic E-state index is 11.6. The van der Waals surface area contributed by atoms with E-state index in [1.165, 1.54) is 25.7 Å². The van der Waals surface area contributed by atoms with Crippen LogP contribution in [-0.4, -0.2) is 19.5 Å². The molecule has 3 nitrogen and oxygen atoms in total. The predicted molar refractivity (Wildman–Crippen MR) is 76.1 cm³/mol. The number of hydrogen-bond acceptors (Lipinski definition) is 2. The highest BCUT2D eigenvalue weighted by molar-refractivity contribution is 5.78. The number of nitrogens with one attached hydrogen (secondary N) is 1. The molecule has 0 aromatic rings. The Hall–Kier alpha value is -0.570. The Morgan fingerprint density at radius 1 is 1.28 bits per heavy atom. The average Bonchev–Trinajstić information content (AvgIpc) is 2.34. The maximum Gasteiger partial charge on any atom is 0.224 e. The zero-order valence-electron chi connectivity index (χ0n) is 12.5. The third-order valence-corrected chi connectivity index (χ3v) is 4.59. The molecule has 106 valence electrons. The van der Waals surface area contributed by atoms with E-state index in [4.69, 9.17) is 5.73 Å². The highest BCUT2D eigenvalue weighted by Gasteiger charge is 2.31. The Morgan fingerprint density at radius 3 is 2.22 bits per heavy atom. The van der Waals surface area contributed by atoms with Crippen molar-refractivity contribution in [3.63, 3.8) is 0 Å². The van der Waals surface area contributed by atoms with E-state index in [9.17, 15) is 4.79 Å². The topological polar surface area (TPSA) is 55.1 Å². The SMILES string of the molecule is CNC(=O)C(CN)CC1CCC(C(C)(C)C)CC1. The summed E-state index contributed by atoms with van der Waals surface area (Å²) < 4.78 is 0. The minimum absolute atomic E-state index is 0.00573. The van der Waals surface area contributed by atoms with Gasteiger partial charge in [-0.1, -0.05) is 33.6 Å². The monoisotopic (exact) mass is 254 g/mol. The summed E-state index contributed by atoms with van der Waals surface area (Å²) in [4.78, 5) is 11.6. The van der Waals surface area contributed by atoms with Crippen molar-refractivity contribution in [1.82, 2.24) is 5.32 Å². The molecule has 18 heavy (non-hydrogen) atoms. The fourth-order valence-electron chi connectivity index (χ4n) is 3.18. The van der Waals surface area contributed by atoms with Gasteiger partial charge in [-0.25, -0.2) is 0 Å². The van der Waals surface area contributed by atoms with Gasteiger partial charge in [0.05, 0.1) is 5.92 Å². The summed E-state index contributed by atoms with van der Waals surface area (Å²) in [5.74, 6) is 1.64. The molecule has 1 unspecified atom stereocenters. The normalized spacial score (nSPS) is 26.7. The standard InChI is InChI=1S/C15H30N2O/c1-15(2,3)13-7-5-11(6-8-13)9-12(10-16)14(18)17-4/h11-13H,5-10,16H2,1-4H3,(H,17,18). The molecule has 1 aliphatic carbocycles. The van der Waals surface area contributed by atoms with Gasteiger partial charge in [0.25, 0.3) is 0 Å². The third kappa shape index (κ3) is 4.27. The number of nitrogens with two attached hydrogens (primary N) is 1. The number of rotatable bonds is 4. The van der Waals surface area contributed by atoms with E-state index in [0.717, 1.165) is 12.3 Å². The lowest BCUT2D eigenvalue weighted by Gasteiger charge is -2.37. The van der Waals surface area contributed by atoms with Crippen LogP contribution in [-0.2, 0) is 4.79 Å². The summed E-state index contributed by atoms with van der Waals surface area (Å²) in [5, 5.41) is 2.72. The van der Waals surface area contributed by atoms with E-state index < -0.39 is 0 Å². The van der Waals surface area contributed by atoms with Gasteiger partial charge < -0.3 is 11.1 Å². The first-order valence-corrected chi connectivity index (χ1v) is 7.30. The molecule has 1 fully saturated rings. The molecule has 0 radical (unpaired) electrons. The van der Waals surface area contributed by atoms with Gasteiger partial charge in [-0.05, 0) is 36.5 Å². The van der Waals surface area contributed by atoms with Crippen molar-refractivity contribution < 1.29 is 4.79 Å². The first kappa shape index (κ1) is 15.5. The second-order valence-electron chi connectivity index (χ2n) is 6.87. The van der Waals surface area contributed by atoms with E-state index >= 15 is 0 Å². The van der Waals surface area contributed by atoms with E-state index in [0.29, 0.717) is 17.9 Å². The molecule has 0 aromatic heterocycles. The van der Waals surface area contributed by atoms with Crippen LogP contribution in [0.2, 0.25) is 0 Å². The molecule has 0 spiro atoms. The third-order valence-electron chi connectivity index (χ3n) is 4.59. The summed E-state index contributed by atoms with van der Waals surface area (Å²) in [6, 6.07) is 0. The first-order chi connectivity index (χ1) is 8.38. The zero-order valence-corrected chi connectivity index (χ0v) is 12.5. The van der Waals surface area contributed by atoms with Gasteiger partial charge in [0, 0.05) is 13.6 Å². The number of carbonyl (C=O) groups is 1. The van der Waals surface area contributed by atoms with E-state index in [1.807, 2.05) is 0 Å². The minimum Gasteiger partial charge on any atom is -0.359 e. The summed E-state index contributed by atoms with van der Waals surface area (Å²) >= 11 is 0. The first-order valence-electron chi connectivity index (χ1n) is 7.30. The van der Waals surface area contributed by atoms with Crippen LogP contribution in [0.4, 0.5) is 0 Å². The molecule has 0 heterocycles. The number of carbonyl (C=O) groups excluding carboxylic acids is 1. The van der Waals surface area contributed by atoms with E-state index in [1.54, 1.807) is 7.05 Å². The van der Waals surface area contributed by atoms with Crippen LogP contribution >= 0.6 is 0 Å². The van der Waals surface area contributed by atoms with Crippen molar-refractivity contribution in [3.05, 3.63) is 0 Å². The summed E-state index contributed by atoms with van der Waals surface area (Å²) in [5.41, 5.74) is 6.13. The smallest absolute Gasteiger partial charge is 0.224 e. The number of amides is 1. The second kappa shape index (κ2) is 6.55. The molecule has 1 atom stereocenters. The van der Waals surface area contributed by atoms with Gasteiger partial charge in [0.15, 0.2) is 0 Å². The van der Waals surface area contributed by atoms with Crippen LogP contribution in [0, 0.1) is 23.2 Å². The Bertz CT molecular complexity index is 262. The lowest BCUT2D eigenvalue weighted by atomic mass is 9.68. The maximum atomic E-state index is 11.6. The molecule has 1 amide bonds. The Kier molecular flexibility index (Phi) is 5.64. The molecule has 3 heteroatoms. The largest absolute Gasteiger partial charge is 0.359 e. The quantitative estimate of drug-likeness (QED) is 0.810. The van der Waals surface area contributed by atoms with Crippen LogP contribution < -0.4 is 11.1 Å². The predicted octanol–water partition coefficient (Wildman–Crippen LogP) is 2.55. The van der Waals surface area contributed by atoms with Crippen molar-refractivity contribution in [1.29, 1.82) is 0 Å². The summed E-state index contributed by atoms with van der Waals surface area (Å²) in [6.45, 7) is 7.49. The van der Waals surface area contributed by atoms with Gasteiger partial charge in [-0.3, -0.25) is 4.79 Å². The fraction of sp³-hybridized carbons (Fsp3) is 0.933. The van der Waals surface area contributed by atoms with Crippen LogP contribution in [0.3, 0.4) is 0 Å². The molecule has 0 saturated heterocycles. The lowest BCUT2D eigenvalue weighted by Crippen LogP contribution is -2.35. The van der Waals surface area contributed by atoms with Crippen molar-refractivity contribution >= 4 is 5.91 Å². The molecular weight excluding hydrogens is 224 g/mol. The van der Waals surface area contributed by atoms with Gasteiger partial charge in [0.1, 0.15) is 0 Å². The molecule has 0 aliphatic heterocycles. The molecule has 3 N–H and O–H groups in total. The van der Waals surface area contributed by atoms with Crippen LogP contribution in [0.5, 0.6) is 0 Å². The lowest BCUT2D eigenvalue weighted by molar-refractivity contribution is -0.124. The van der Waals surface area contributed by atoms with Gasteiger partial charge in [0.2, 0.25) is 5.91 Å². The average molecular weight is 254 g/mol. The van der Waals surface area contributed by atoms with Crippen molar-refractivity contribution in [2.24, 2.45) is 28.9 Å². The fourth-order valence-corrected chi connectivity index (χ4v) is 3.18. The highest BCUT2D eigenvalue weighted by Crippen LogP contribution is 2.41. The summed E-state index contributed by atoms with van der Waals surface area (Å²) in [7, 11) is 1.70. The number of hydrogen-bond donors (Lipinski definition) is 2. The summed E-state index contributed by atoms with van der Waals surface area (Å²) in [6.07, 6.45) is 6.09. The van der Waals surface area contributed by atoms with Gasteiger partial charge in [-0.2, -0.15) is 0 Å². The molecule has 0 bridgehead atoms. The Labute approximate surface area is 112 Å². The van der Waals surface area contributed by atoms with Crippen molar-refractivity contribution in [2.75, 3.05) is 13.6 Å². The Balaban J connectivity index is 2.41. The Morgan fingerprint density at radius 2 is 1.83 bits per heavy atom. The van der Waals surface area contributed by atoms with Crippen LogP contribution in [0.1, 0.15) is 52.9 Å². The zero-order chi connectivity index (χ0) is 13.8. The molecule has 1 rings (SSSR count). The highest BCUT2D eigenvalue weighted by atomic mass is 16.1. The van der Waals surface area contributed by atoms with Crippen molar-refractivity contribution in [2.45, 2.75) is 52.9 Å². The van der Waals surface area contributed by atoms with E-state index in [2.05, 4.69) is 26.1 Å². The molecule has 1 aliphatic rings.